The second-order valence-electron chi connectivity index (χ2n) is 4.60. The topological polar surface area (TPSA) is 53.5 Å². The molecule has 0 radical (unpaired) electrons. The fourth-order valence-corrected chi connectivity index (χ4v) is 1.69. The predicted molar refractivity (Wildman–Crippen MR) is 81.6 cm³/mol. The number of nitrogens with zero attached hydrogens (tertiary/aromatic N) is 1. The highest BCUT2D eigenvalue weighted by atomic mass is 19.1. The molecule has 0 unspecified atom stereocenters. The number of halogens is 2. The van der Waals surface area contributed by atoms with Crippen molar-refractivity contribution in [3.05, 3.63) is 65.7 Å². The number of hydrogen-bond acceptors (Lipinski definition) is 3. The summed E-state index contributed by atoms with van der Waals surface area (Å²) >= 11 is 0. The van der Waals surface area contributed by atoms with Gasteiger partial charge in [0.1, 0.15) is 11.6 Å². The molecule has 4 nitrogen and oxygen atoms in total. The Kier molecular flexibility index (Phi) is 5.19. The molecule has 2 aromatic rings. The fourth-order valence-electron chi connectivity index (χ4n) is 1.69. The largest absolute Gasteiger partial charge is 0.376 e. The Morgan fingerprint density at radius 3 is 2.14 bits per heavy atom. The molecule has 2 N–H and O–H groups in total. The predicted octanol–water partition coefficient (Wildman–Crippen LogP) is 2.92. The SMILES string of the molecule is C/C(=N/NC(=O)CNc1ccc(F)cc1)c1ccc(F)cc1. The molecule has 22 heavy (non-hydrogen) atoms. The summed E-state index contributed by atoms with van der Waals surface area (Å²) in [4.78, 5) is 11.7. The van der Waals surface area contributed by atoms with Gasteiger partial charge in [-0.1, -0.05) is 12.1 Å². The van der Waals surface area contributed by atoms with E-state index in [1.54, 1.807) is 19.1 Å². The van der Waals surface area contributed by atoms with E-state index >= 15 is 0 Å². The van der Waals surface area contributed by atoms with Crippen LogP contribution >= 0.6 is 0 Å². The van der Waals surface area contributed by atoms with Crippen molar-refractivity contribution in [3.63, 3.8) is 0 Å². The lowest BCUT2D eigenvalue weighted by atomic mass is 10.1. The lowest BCUT2D eigenvalue weighted by Gasteiger charge is -2.06. The molecule has 0 aromatic heterocycles. The molecular formula is C16H15F2N3O. The van der Waals surface area contributed by atoms with Crippen LogP contribution < -0.4 is 10.7 Å². The van der Waals surface area contributed by atoms with Crippen LogP contribution in [0.5, 0.6) is 0 Å². The van der Waals surface area contributed by atoms with Crippen LogP contribution in [-0.2, 0) is 4.79 Å². The summed E-state index contributed by atoms with van der Waals surface area (Å²) in [6.45, 7) is 1.72. The molecule has 0 heterocycles. The third kappa shape index (κ3) is 4.66. The lowest BCUT2D eigenvalue weighted by molar-refractivity contribution is -0.119. The van der Waals surface area contributed by atoms with Gasteiger partial charge in [-0.3, -0.25) is 4.79 Å². The maximum atomic E-state index is 12.8. The first kappa shape index (κ1) is 15.6. The van der Waals surface area contributed by atoms with Crippen LogP contribution in [0.15, 0.2) is 53.6 Å². The van der Waals surface area contributed by atoms with E-state index in [0.29, 0.717) is 17.0 Å². The van der Waals surface area contributed by atoms with E-state index in [0.717, 1.165) is 0 Å². The molecule has 0 saturated heterocycles. The Labute approximate surface area is 126 Å². The van der Waals surface area contributed by atoms with E-state index in [9.17, 15) is 13.6 Å². The van der Waals surface area contributed by atoms with Gasteiger partial charge < -0.3 is 5.32 Å². The summed E-state index contributed by atoms with van der Waals surface area (Å²) in [5, 5.41) is 6.79. The molecule has 0 fully saturated rings. The minimum atomic E-state index is -0.342. The van der Waals surface area contributed by atoms with Gasteiger partial charge in [-0.05, 0) is 48.9 Å². The van der Waals surface area contributed by atoms with Crippen LogP contribution in [0, 0.1) is 11.6 Å². The van der Waals surface area contributed by atoms with E-state index in [1.165, 1.54) is 36.4 Å². The zero-order valence-electron chi connectivity index (χ0n) is 11.9. The first-order chi connectivity index (χ1) is 10.5. The van der Waals surface area contributed by atoms with E-state index in [4.69, 9.17) is 0 Å². The van der Waals surface area contributed by atoms with Gasteiger partial charge in [0.2, 0.25) is 0 Å². The van der Waals surface area contributed by atoms with Crippen LogP contribution in [0.3, 0.4) is 0 Å². The Morgan fingerprint density at radius 2 is 1.55 bits per heavy atom. The smallest absolute Gasteiger partial charge is 0.259 e. The molecule has 0 spiro atoms. The number of anilines is 1. The van der Waals surface area contributed by atoms with Crippen molar-refractivity contribution in [2.24, 2.45) is 5.10 Å². The molecule has 2 rings (SSSR count). The quantitative estimate of drug-likeness (QED) is 0.659. The van der Waals surface area contributed by atoms with Crippen molar-refractivity contribution >= 4 is 17.3 Å². The number of hydrazone groups is 1. The third-order valence-corrected chi connectivity index (χ3v) is 2.91. The minimum absolute atomic E-state index is 0.00578. The van der Waals surface area contributed by atoms with Crippen molar-refractivity contribution in [3.8, 4) is 0 Å². The molecule has 0 aliphatic rings. The molecule has 114 valence electrons. The van der Waals surface area contributed by atoms with Crippen molar-refractivity contribution in [1.29, 1.82) is 0 Å². The van der Waals surface area contributed by atoms with Gasteiger partial charge in [-0.2, -0.15) is 5.10 Å². The molecule has 0 aliphatic carbocycles. The Hall–Kier alpha value is -2.76. The van der Waals surface area contributed by atoms with E-state index < -0.39 is 0 Å². The van der Waals surface area contributed by atoms with Gasteiger partial charge in [-0.15, -0.1) is 0 Å². The van der Waals surface area contributed by atoms with Crippen molar-refractivity contribution < 1.29 is 13.6 Å². The van der Waals surface area contributed by atoms with Crippen LogP contribution in [0.4, 0.5) is 14.5 Å². The number of hydrogen-bond donors (Lipinski definition) is 2. The number of nitrogens with one attached hydrogen (secondary N) is 2. The minimum Gasteiger partial charge on any atom is -0.376 e. The Morgan fingerprint density at radius 1 is 1.00 bits per heavy atom. The third-order valence-electron chi connectivity index (χ3n) is 2.91. The number of carbonyl (C=O) groups is 1. The monoisotopic (exact) mass is 303 g/mol. The van der Waals surface area contributed by atoms with Crippen LogP contribution in [0.1, 0.15) is 12.5 Å². The first-order valence-electron chi connectivity index (χ1n) is 6.63. The summed E-state index contributed by atoms with van der Waals surface area (Å²) in [5.41, 5.74) is 4.31. The molecule has 0 aliphatic heterocycles. The van der Waals surface area contributed by atoms with Gasteiger partial charge in [0.25, 0.3) is 5.91 Å². The average molecular weight is 303 g/mol. The maximum Gasteiger partial charge on any atom is 0.259 e. The second-order valence-corrected chi connectivity index (χ2v) is 4.60. The van der Waals surface area contributed by atoms with Crippen LogP contribution in [0.25, 0.3) is 0 Å². The molecule has 0 bridgehead atoms. The Bertz CT molecular complexity index is 667. The lowest BCUT2D eigenvalue weighted by Crippen LogP contribution is -2.26. The molecular weight excluding hydrogens is 288 g/mol. The van der Waals surface area contributed by atoms with Gasteiger partial charge >= 0.3 is 0 Å². The van der Waals surface area contributed by atoms with Gasteiger partial charge in [0.15, 0.2) is 0 Å². The van der Waals surface area contributed by atoms with Crippen molar-refractivity contribution in [2.45, 2.75) is 6.92 Å². The molecule has 1 amide bonds. The van der Waals surface area contributed by atoms with Crippen molar-refractivity contribution in [1.82, 2.24) is 5.43 Å². The zero-order chi connectivity index (χ0) is 15.9. The highest BCUT2D eigenvalue weighted by Crippen LogP contribution is 2.07. The van der Waals surface area contributed by atoms with Crippen LogP contribution in [0.2, 0.25) is 0 Å². The molecule has 0 saturated carbocycles. The standard InChI is InChI=1S/C16H15F2N3O/c1-11(12-2-4-13(17)5-3-12)20-21-16(22)10-19-15-8-6-14(18)7-9-15/h2-9,19H,10H2,1H3,(H,21,22)/b20-11-. The van der Waals surface area contributed by atoms with Gasteiger partial charge in [0.05, 0.1) is 12.3 Å². The van der Waals surface area contributed by atoms with Crippen molar-refractivity contribution in [2.75, 3.05) is 11.9 Å². The number of benzene rings is 2. The molecule has 2 aromatic carbocycles. The average Bonchev–Trinajstić information content (AvgIpc) is 2.52. The summed E-state index contributed by atoms with van der Waals surface area (Å²) in [7, 11) is 0. The first-order valence-corrected chi connectivity index (χ1v) is 6.63. The maximum absolute atomic E-state index is 12.8. The zero-order valence-corrected chi connectivity index (χ0v) is 11.9. The van der Waals surface area contributed by atoms with E-state index in [1.807, 2.05) is 0 Å². The normalized spacial score (nSPS) is 11.1. The Balaban J connectivity index is 1.85. The fraction of sp³-hybridized carbons (Fsp3) is 0.125. The number of amides is 1. The van der Waals surface area contributed by atoms with Gasteiger partial charge in [-0.25, -0.2) is 14.2 Å². The summed E-state index contributed by atoms with van der Waals surface area (Å²) in [6.07, 6.45) is 0. The van der Waals surface area contributed by atoms with Crippen LogP contribution in [-0.4, -0.2) is 18.2 Å². The van der Waals surface area contributed by atoms with Gasteiger partial charge in [0, 0.05) is 5.69 Å². The second kappa shape index (κ2) is 7.31. The highest BCUT2D eigenvalue weighted by molar-refractivity contribution is 5.99. The van der Waals surface area contributed by atoms with E-state index in [2.05, 4.69) is 15.8 Å². The summed E-state index contributed by atoms with van der Waals surface area (Å²) < 4.78 is 25.5. The van der Waals surface area contributed by atoms with E-state index in [-0.39, 0.29) is 24.1 Å². The molecule has 6 heteroatoms. The summed E-state index contributed by atoms with van der Waals surface area (Å²) in [5.74, 6) is -1.01. The summed E-state index contributed by atoms with van der Waals surface area (Å²) in [6, 6.07) is 11.5. The molecule has 0 atom stereocenters. The number of carbonyl (C=O) groups excluding carboxylic acids is 1. The highest BCUT2D eigenvalue weighted by Gasteiger charge is 2.02. The number of rotatable bonds is 5.